The minimum Gasteiger partial charge on any atom is -0.508 e. The zero-order valence-electron chi connectivity index (χ0n) is 6.90. The van der Waals surface area contributed by atoms with Crippen molar-refractivity contribution in [2.45, 2.75) is 6.18 Å². The maximum atomic E-state index is 12.9. The van der Waals surface area contributed by atoms with Gasteiger partial charge in [0.05, 0.1) is 5.56 Å². The molecule has 0 atom stereocenters. The van der Waals surface area contributed by atoms with Gasteiger partial charge in [0.15, 0.2) is 0 Å². The lowest BCUT2D eigenvalue weighted by atomic mass is 10.1. The summed E-state index contributed by atoms with van der Waals surface area (Å²) in [6, 6.07) is 1.06. The molecule has 1 nitrogen and oxygen atoms in total. The number of hydrogen-bond donors (Lipinski definition) is 1. The van der Waals surface area contributed by atoms with E-state index in [0.29, 0.717) is 12.1 Å². The molecular formula is C9H6F4O. The third kappa shape index (κ3) is 1.86. The van der Waals surface area contributed by atoms with E-state index in [4.69, 9.17) is 5.11 Å². The number of benzene rings is 1. The lowest BCUT2D eigenvalue weighted by Gasteiger charge is -2.11. The zero-order chi connectivity index (χ0) is 10.9. The van der Waals surface area contributed by atoms with Crippen molar-refractivity contribution in [3.05, 3.63) is 35.7 Å². The fourth-order valence-corrected chi connectivity index (χ4v) is 1.05. The summed E-state index contributed by atoms with van der Waals surface area (Å²) in [5.41, 5.74) is -1.89. The van der Waals surface area contributed by atoms with Crippen molar-refractivity contribution in [1.82, 2.24) is 0 Å². The van der Waals surface area contributed by atoms with E-state index in [2.05, 4.69) is 6.58 Å². The van der Waals surface area contributed by atoms with Crippen LogP contribution in [0.1, 0.15) is 11.1 Å². The summed E-state index contributed by atoms with van der Waals surface area (Å²) in [4.78, 5) is 0. The Morgan fingerprint density at radius 2 is 1.86 bits per heavy atom. The third-order valence-electron chi connectivity index (χ3n) is 1.62. The lowest BCUT2D eigenvalue weighted by molar-refractivity contribution is -0.138. The Bertz CT molecular complexity index is 368. The molecule has 0 aromatic heterocycles. The molecule has 76 valence electrons. The van der Waals surface area contributed by atoms with Crippen molar-refractivity contribution in [2.24, 2.45) is 0 Å². The molecule has 0 aliphatic rings. The van der Waals surface area contributed by atoms with Crippen LogP contribution in [0, 0.1) is 5.82 Å². The van der Waals surface area contributed by atoms with Crippen LogP contribution < -0.4 is 0 Å². The van der Waals surface area contributed by atoms with Gasteiger partial charge in [-0.2, -0.15) is 13.2 Å². The Kier molecular flexibility index (Phi) is 2.51. The van der Waals surface area contributed by atoms with Crippen molar-refractivity contribution in [3.63, 3.8) is 0 Å². The van der Waals surface area contributed by atoms with Crippen LogP contribution in [0.5, 0.6) is 5.75 Å². The maximum absolute atomic E-state index is 12.9. The number of aromatic hydroxyl groups is 1. The molecule has 0 unspecified atom stereocenters. The molecule has 0 spiro atoms. The first-order valence-corrected chi connectivity index (χ1v) is 3.58. The highest BCUT2D eigenvalue weighted by Gasteiger charge is 2.34. The van der Waals surface area contributed by atoms with Crippen LogP contribution >= 0.6 is 0 Å². The molecule has 1 N–H and O–H groups in total. The summed E-state index contributed by atoms with van der Waals surface area (Å²) >= 11 is 0. The van der Waals surface area contributed by atoms with E-state index < -0.39 is 28.9 Å². The number of halogens is 4. The molecule has 0 aliphatic heterocycles. The molecule has 14 heavy (non-hydrogen) atoms. The van der Waals surface area contributed by atoms with Crippen LogP contribution in [-0.4, -0.2) is 5.11 Å². The van der Waals surface area contributed by atoms with Crippen molar-refractivity contribution >= 4 is 6.08 Å². The quantitative estimate of drug-likeness (QED) is 0.699. The van der Waals surface area contributed by atoms with E-state index in [1.165, 1.54) is 0 Å². The third-order valence-corrected chi connectivity index (χ3v) is 1.62. The fraction of sp³-hybridized carbons (Fsp3) is 0.111. The standard InChI is InChI=1S/C9H6F4O/c1-2-6-7(9(11,12)13)3-5(14)4-8(6)10/h2-4,14H,1H2. The largest absolute Gasteiger partial charge is 0.508 e. The first-order chi connectivity index (χ1) is 6.36. The predicted octanol–water partition coefficient (Wildman–Crippen LogP) is 3.19. The van der Waals surface area contributed by atoms with Gasteiger partial charge in [-0.25, -0.2) is 4.39 Å². The van der Waals surface area contributed by atoms with Crippen LogP contribution in [0.3, 0.4) is 0 Å². The van der Waals surface area contributed by atoms with E-state index in [0.717, 1.165) is 6.08 Å². The highest BCUT2D eigenvalue weighted by molar-refractivity contribution is 5.55. The van der Waals surface area contributed by atoms with Gasteiger partial charge < -0.3 is 5.11 Å². The Morgan fingerprint density at radius 3 is 2.29 bits per heavy atom. The zero-order valence-corrected chi connectivity index (χ0v) is 6.90. The Hall–Kier alpha value is -1.52. The number of phenolic OH excluding ortho intramolecular Hbond substituents is 1. The van der Waals surface area contributed by atoms with Gasteiger partial charge in [0, 0.05) is 11.6 Å². The maximum Gasteiger partial charge on any atom is 0.417 e. The second kappa shape index (κ2) is 3.32. The average Bonchev–Trinajstić information content (AvgIpc) is 2.01. The highest BCUT2D eigenvalue weighted by Crippen LogP contribution is 2.35. The minimum absolute atomic E-state index is 0.458. The first-order valence-electron chi connectivity index (χ1n) is 3.58. The summed E-state index contributed by atoms with van der Waals surface area (Å²) in [6.07, 6.45) is -3.94. The second-order valence-corrected chi connectivity index (χ2v) is 2.59. The molecule has 0 amide bonds. The van der Waals surface area contributed by atoms with Gasteiger partial charge in [0.1, 0.15) is 11.6 Å². The predicted molar refractivity (Wildman–Crippen MR) is 43.2 cm³/mol. The summed E-state index contributed by atoms with van der Waals surface area (Å²) in [6.45, 7) is 3.07. The smallest absolute Gasteiger partial charge is 0.417 e. The van der Waals surface area contributed by atoms with Crippen LogP contribution in [0.2, 0.25) is 0 Å². The Balaban J connectivity index is 3.48. The number of hydrogen-bond acceptors (Lipinski definition) is 1. The van der Waals surface area contributed by atoms with E-state index in [-0.39, 0.29) is 0 Å². The lowest BCUT2D eigenvalue weighted by Crippen LogP contribution is -2.08. The molecule has 0 radical (unpaired) electrons. The van der Waals surface area contributed by atoms with Gasteiger partial charge in [-0.3, -0.25) is 0 Å². The van der Waals surface area contributed by atoms with Crippen LogP contribution in [0.25, 0.3) is 6.08 Å². The Labute approximate surface area is 77.3 Å². The van der Waals surface area contributed by atoms with Gasteiger partial charge in [-0.05, 0) is 6.07 Å². The van der Waals surface area contributed by atoms with E-state index >= 15 is 0 Å². The molecule has 1 aromatic rings. The minimum atomic E-state index is -4.71. The van der Waals surface area contributed by atoms with Crippen molar-refractivity contribution < 1.29 is 22.7 Å². The molecule has 0 aliphatic carbocycles. The van der Waals surface area contributed by atoms with E-state index in [1.807, 2.05) is 0 Å². The molecule has 0 saturated heterocycles. The highest BCUT2D eigenvalue weighted by atomic mass is 19.4. The van der Waals surface area contributed by atoms with Crippen LogP contribution in [0.4, 0.5) is 17.6 Å². The summed E-state index contributed by atoms with van der Waals surface area (Å²) in [7, 11) is 0. The molecule has 0 heterocycles. The molecule has 1 rings (SSSR count). The van der Waals surface area contributed by atoms with Crippen LogP contribution in [0.15, 0.2) is 18.7 Å². The van der Waals surface area contributed by atoms with Gasteiger partial charge in [0.25, 0.3) is 0 Å². The van der Waals surface area contributed by atoms with Crippen molar-refractivity contribution in [3.8, 4) is 5.75 Å². The Morgan fingerprint density at radius 1 is 1.29 bits per heavy atom. The van der Waals surface area contributed by atoms with Gasteiger partial charge in [0.2, 0.25) is 0 Å². The second-order valence-electron chi connectivity index (χ2n) is 2.59. The number of rotatable bonds is 1. The molecule has 5 heteroatoms. The fourth-order valence-electron chi connectivity index (χ4n) is 1.05. The molecule has 1 aromatic carbocycles. The van der Waals surface area contributed by atoms with Gasteiger partial charge in [-0.1, -0.05) is 12.7 Å². The normalized spacial score (nSPS) is 11.4. The first kappa shape index (κ1) is 10.6. The molecule has 0 fully saturated rings. The SMILES string of the molecule is C=Cc1c(F)cc(O)cc1C(F)(F)F. The molecule has 0 saturated carbocycles. The molecule has 0 bridgehead atoms. The summed E-state index contributed by atoms with van der Waals surface area (Å²) in [5, 5.41) is 8.80. The van der Waals surface area contributed by atoms with E-state index in [1.54, 1.807) is 0 Å². The average molecular weight is 206 g/mol. The molecular weight excluding hydrogens is 200 g/mol. The topological polar surface area (TPSA) is 20.2 Å². The van der Waals surface area contributed by atoms with Gasteiger partial charge >= 0.3 is 6.18 Å². The monoisotopic (exact) mass is 206 g/mol. The summed E-state index contributed by atoms with van der Waals surface area (Å²) < 4.78 is 49.7. The van der Waals surface area contributed by atoms with Gasteiger partial charge in [-0.15, -0.1) is 0 Å². The van der Waals surface area contributed by atoms with Crippen LogP contribution in [-0.2, 0) is 6.18 Å². The summed E-state index contributed by atoms with van der Waals surface area (Å²) in [5.74, 6) is -1.91. The van der Waals surface area contributed by atoms with Crippen molar-refractivity contribution in [2.75, 3.05) is 0 Å². The van der Waals surface area contributed by atoms with E-state index in [9.17, 15) is 17.6 Å². The number of phenols is 1. The van der Waals surface area contributed by atoms with Crippen molar-refractivity contribution in [1.29, 1.82) is 0 Å². The number of alkyl halides is 3.